The SMILES string of the molecule is O=C(/C=C/c1ccc(CN(CCOC(=O)CCC2CCCO2)CCC2=CCc3ccccc32)cc1)CO. The van der Waals surface area contributed by atoms with E-state index in [0.29, 0.717) is 19.6 Å². The third-order valence-corrected chi connectivity index (χ3v) is 7.00. The summed E-state index contributed by atoms with van der Waals surface area (Å²) in [4.78, 5) is 25.9. The molecule has 1 aliphatic heterocycles. The second-order valence-corrected chi connectivity index (χ2v) is 9.71. The van der Waals surface area contributed by atoms with Crippen molar-refractivity contribution in [3.05, 3.63) is 82.9 Å². The van der Waals surface area contributed by atoms with E-state index >= 15 is 0 Å². The minimum atomic E-state index is -0.483. The number of hydrogen-bond donors (Lipinski definition) is 1. The first kappa shape index (κ1) is 27.0. The van der Waals surface area contributed by atoms with Gasteiger partial charge in [-0.1, -0.05) is 60.7 Å². The molecule has 6 nitrogen and oxygen atoms in total. The molecule has 2 aromatic rings. The molecule has 0 amide bonds. The van der Waals surface area contributed by atoms with Crippen LogP contribution in [0.3, 0.4) is 0 Å². The zero-order chi connectivity index (χ0) is 25.9. The molecule has 4 rings (SSSR count). The van der Waals surface area contributed by atoms with Crippen LogP contribution in [0.5, 0.6) is 0 Å². The number of aliphatic hydroxyl groups is 1. The number of hydrogen-bond acceptors (Lipinski definition) is 6. The van der Waals surface area contributed by atoms with Crippen molar-refractivity contribution in [2.75, 3.05) is 32.9 Å². The number of allylic oxidation sites excluding steroid dienone is 1. The standard InChI is InChI=1S/C31H37NO5/c33-23-28(34)14-11-24-7-9-25(10-8-24)22-32(18-17-27-13-12-26-4-1-2-6-30(26)27)19-21-37-31(35)16-15-29-5-3-20-36-29/h1-2,4,6-11,13-14,29,33H,3,5,12,15-23H2/b14-11+. The number of ether oxygens (including phenoxy) is 2. The topological polar surface area (TPSA) is 76.1 Å². The van der Waals surface area contributed by atoms with Gasteiger partial charge in [0.05, 0.1) is 6.10 Å². The average Bonchev–Trinajstić information content (AvgIpc) is 3.60. The quantitative estimate of drug-likeness (QED) is 0.300. The number of carbonyl (C=O) groups is 2. The number of nitrogens with zero attached hydrogens (tertiary/aromatic N) is 1. The first-order valence-electron chi connectivity index (χ1n) is 13.3. The van der Waals surface area contributed by atoms with Crippen LogP contribution in [-0.2, 0) is 32.0 Å². The highest BCUT2D eigenvalue weighted by Gasteiger charge is 2.18. The largest absolute Gasteiger partial charge is 0.464 e. The highest BCUT2D eigenvalue weighted by Crippen LogP contribution is 2.29. The number of esters is 1. The molecule has 1 heterocycles. The Balaban J connectivity index is 1.31. The summed E-state index contributed by atoms with van der Waals surface area (Å²) < 4.78 is 11.2. The maximum absolute atomic E-state index is 12.3. The van der Waals surface area contributed by atoms with E-state index in [4.69, 9.17) is 14.6 Å². The Labute approximate surface area is 219 Å². The van der Waals surface area contributed by atoms with Crippen LogP contribution in [0.4, 0.5) is 0 Å². The Morgan fingerprint density at radius 2 is 1.95 bits per heavy atom. The van der Waals surface area contributed by atoms with Gasteiger partial charge in [0.1, 0.15) is 13.2 Å². The van der Waals surface area contributed by atoms with Crippen molar-refractivity contribution < 1.29 is 24.2 Å². The molecule has 1 atom stereocenters. The Kier molecular flexibility index (Phi) is 10.2. The maximum atomic E-state index is 12.3. The molecule has 1 unspecified atom stereocenters. The molecule has 0 saturated carbocycles. The lowest BCUT2D eigenvalue weighted by Gasteiger charge is -2.23. The second-order valence-electron chi connectivity index (χ2n) is 9.71. The van der Waals surface area contributed by atoms with Gasteiger partial charge in [-0.15, -0.1) is 0 Å². The predicted octanol–water partition coefficient (Wildman–Crippen LogP) is 4.60. The smallest absolute Gasteiger partial charge is 0.305 e. The molecule has 1 fully saturated rings. The Hall–Kier alpha value is -3.06. The molecule has 1 saturated heterocycles. The number of aliphatic hydroxyl groups excluding tert-OH is 1. The number of benzene rings is 2. The Morgan fingerprint density at radius 3 is 2.73 bits per heavy atom. The number of rotatable bonds is 14. The van der Waals surface area contributed by atoms with Crippen LogP contribution < -0.4 is 0 Å². The van der Waals surface area contributed by atoms with Crippen molar-refractivity contribution in [3.63, 3.8) is 0 Å². The lowest BCUT2D eigenvalue weighted by atomic mass is 10.0. The van der Waals surface area contributed by atoms with Gasteiger partial charge in [-0.05, 0) is 66.0 Å². The zero-order valence-electron chi connectivity index (χ0n) is 21.4. The van der Waals surface area contributed by atoms with Gasteiger partial charge in [-0.2, -0.15) is 0 Å². The molecule has 2 aromatic carbocycles. The molecule has 196 valence electrons. The van der Waals surface area contributed by atoms with Crippen molar-refractivity contribution in [2.24, 2.45) is 0 Å². The molecule has 1 N–H and O–H groups in total. The fraction of sp³-hybridized carbons (Fsp3) is 0.419. The molecular weight excluding hydrogens is 466 g/mol. The molecule has 0 radical (unpaired) electrons. The molecular formula is C31H37NO5. The lowest BCUT2D eigenvalue weighted by Crippen LogP contribution is -2.29. The van der Waals surface area contributed by atoms with Crippen LogP contribution >= 0.6 is 0 Å². The van der Waals surface area contributed by atoms with Crippen molar-refractivity contribution >= 4 is 23.4 Å². The maximum Gasteiger partial charge on any atom is 0.305 e. The van der Waals surface area contributed by atoms with Gasteiger partial charge in [0.25, 0.3) is 0 Å². The van der Waals surface area contributed by atoms with E-state index < -0.39 is 6.61 Å². The van der Waals surface area contributed by atoms with Gasteiger partial charge in [0, 0.05) is 32.7 Å². The van der Waals surface area contributed by atoms with Gasteiger partial charge < -0.3 is 14.6 Å². The lowest BCUT2D eigenvalue weighted by molar-refractivity contribution is -0.144. The van der Waals surface area contributed by atoms with Crippen molar-refractivity contribution in [1.82, 2.24) is 4.90 Å². The van der Waals surface area contributed by atoms with E-state index in [9.17, 15) is 9.59 Å². The molecule has 0 spiro atoms. The monoisotopic (exact) mass is 503 g/mol. The summed E-state index contributed by atoms with van der Waals surface area (Å²) in [5.74, 6) is -0.472. The van der Waals surface area contributed by atoms with Gasteiger partial charge >= 0.3 is 5.97 Å². The molecule has 6 heteroatoms. The summed E-state index contributed by atoms with van der Waals surface area (Å²) >= 11 is 0. The average molecular weight is 504 g/mol. The summed E-state index contributed by atoms with van der Waals surface area (Å²) in [6.45, 7) is 2.94. The fourth-order valence-corrected chi connectivity index (χ4v) is 4.89. The van der Waals surface area contributed by atoms with E-state index in [2.05, 4.69) is 35.2 Å². The van der Waals surface area contributed by atoms with Gasteiger partial charge in [0.2, 0.25) is 0 Å². The second kappa shape index (κ2) is 14.0. The molecule has 1 aliphatic carbocycles. The normalized spacial score (nSPS) is 16.8. The van der Waals surface area contributed by atoms with Crippen molar-refractivity contribution in [3.8, 4) is 0 Å². The third-order valence-electron chi connectivity index (χ3n) is 7.00. The van der Waals surface area contributed by atoms with Crippen LogP contribution in [0.25, 0.3) is 11.6 Å². The summed E-state index contributed by atoms with van der Waals surface area (Å²) in [7, 11) is 0. The van der Waals surface area contributed by atoms with E-state index in [0.717, 1.165) is 62.9 Å². The minimum Gasteiger partial charge on any atom is -0.464 e. The number of fused-ring (bicyclic) bond motifs is 1. The Morgan fingerprint density at radius 1 is 1.11 bits per heavy atom. The fourth-order valence-electron chi connectivity index (χ4n) is 4.89. The van der Waals surface area contributed by atoms with E-state index in [1.807, 2.05) is 24.3 Å². The van der Waals surface area contributed by atoms with Crippen molar-refractivity contribution in [1.29, 1.82) is 0 Å². The van der Waals surface area contributed by atoms with E-state index in [1.54, 1.807) is 6.08 Å². The van der Waals surface area contributed by atoms with Gasteiger partial charge in [-0.3, -0.25) is 14.5 Å². The van der Waals surface area contributed by atoms with Crippen LogP contribution in [0.2, 0.25) is 0 Å². The van der Waals surface area contributed by atoms with E-state index in [1.165, 1.54) is 22.8 Å². The van der Waals surface area contributed by atoms with Crippen LogP contribution in [0, 0.1) is 0 Å². The van der Waals surface area contributed by atoms with Crippen LogP contribution in [0.1, 0.15) is 54.4 Å². The summed E-state index contributed by atoms with van der Waals surface area (Å²) in [5, 5.41) is 8.88. The van der Waals surface area contributed by atoms with Gasteiger partial charge in [-0.25, -0.2) is 0 Å². The van der Waals surface area contributed by atoms with Crippen LogP contribution in [0.15, 0.2) is 60.7 Å². The highest BCUT2D eigenvalue weighted by atomic mass is 16.5. The molecule has 0 aromatic heterocycles. The summed E-state index contributed by atoms with van der Waals surface area (Å²) in [5.41, 5.74) is 6.16. The Bertz CT molecular complexity index is 1100. The zero-order valence-corrected chi connectivity index (χ0v) is 21.4. The highest BCUT2D eigenvalue weighted by molar-refractivity contribution is 5.94. The first-order chi connectivity index (χ1) is 18.1. The van der Waals surface area contributed by atoms with E-state index in [-0.39, 0.29) is 17.9 Å². The summed E-state index contributed by atoms with van der Waals surface area (Å²) in [6.07, 6.45) is 10.8. The minimum absolute atomic E-state index is 0.156. The predicted molar refractivity (Wildman–Crippen MR) is 145 cm³/mol. The third kappa shape index (κ3) is 8.49. The van der Waals surface area contributed by atoms with Crippen molar-refractivity contribution in [2.45, 2.75) is 51.2 Å². The van der Waals surface area contributed by atoms with Gasteiger partial charge in [0.15, 0.2) is 5.78 Å². The summed E-state index contributed by atoms with van der Waals surface area (Å²) in [6, 6.07) is 16.6. The first-order valence-corrected chi connectivity index (χ1v) is 13.3. The number of ketones is 1. The number of carbonyl (C=O) groups excluding carboxylic acids is 2. The van der Waals surface area contributed by atoms with Crippen LogP contribution in [-0.4, -0.2) is 60.8 Å². The molecule has 2 aliphatic rings. The molecule has 37 heavy (non-hydrogen) atoms. The molecule has 0 bridgehead atoms.